The number of carboxylic acid groups (broad SMARTS) is 1. The molecule has 1 heterocycles. The number of aliphatic carboxylic acids is 1. The number of hydrogen-bond acceptors (Lipinski definition) is 4. The molecule has 0 aliphatic heterocycles. The molecule has 3 N–H and O–H groups in total. The van der Waals surface area contributed by atoms with Crippen LogP contribution in [0.15, 0.2) is 76.8 Å². The van der Waals surface area contributed by atoms with Gasteiger partial charge in [-0.15, -0.1) is 0 Å². The molecule has 26 heavy (non-hydrogen) atoms. The highest BCUT2D eigenvalue weighted by Crippen LogP contribution is 2.23. The fraction of sp³-hybridized carbons (Fsp3) is 0. The van der Waals surface area contributed by atoms with Gasteiger partial charge in [-0.05, 0) is 30.3 Å². The highest BCUT2D eigenvalue weighted by atomic mass is 16.4. The molecule has 0 spiro atoms. The van der Waals surface area contributed by atoms with Crippen molar-refractivity contribution in [2.45, 2.75) is 0 Å². The van der Waals surface area contributed by atoms with Gasteiger partial charge in [-0.25, -0.2) is 4.79 Å². The van der Waals surface area contributed by atoms with Gasteiger partial charge >= 0.3 is 5.97 Å². The van der Waals surface area contributed by atoms with Gasteiger partial charge in [0.1, 0.15) is 23.0 Å². The molecular weight excluding hydrogens is 334 g/mol. The first-order chi connectivity index (χ1) is 12.5. The van der Waals surface area contributed by atoms with Crippen LogP contribution in [0.4, 0.5) is 0 Å². The molecule has 0 bridgehead atoms. The van der Waals surface area contributed by atoms with Crippen LogP contribution in [0.1, 0.15) is 16.1 Å². The van der Waals surface area contributed by atoms with Crippen molar-refractivity contribution < 1.29 is 24.2 Å². The van der Waals surface area contributed by atoms with Crippen molar-refractivity contribution in [3.8, 4) is 17.1 Å². The van der Waals surface area contributed by atoms with Crippen molar-refractivity contribution in [1.82, 2.24) is 5.32 Å². The number of phenolic OH excluding ortho intramolecular Hbond substituents is 1. The van der Waals surface area contributed by atoms with E-state index in [-0.39, 0.29) is 22.8 Å². The molecule has 0 radical (unpaired) electrons. The highest BCUT2D eigenvalue weighted by Gasteiger charge is 2.15. The van der Waals surface area contributed by atoms with Gasteiger partial charge in [-0.2, -0.15) is 0 Å². The van der Waals surface area contributed by atoms with E-state index in [1.165, 1.54) is 30.3 Å². The van der Waals surface area contributed by atoms with E-state index in [1.54, 1.807) is 12.1 Å². The molecular formula is C20H15NO5. The summed E-state index contributed by atoms with van der Waals surface area (Å²) in [4.78, 5) is 23.6. The summed E-state index contributed by atoms with van der Waals surface area (Å²) in [6, 6.07) is 18.3. The van der Waals surface area contributed by atoms with Crippen molar-refractivity contribution in [2.24, 2.45) is 0 Å². The van der Waals surface area contributed by atoms with Gasteiger partial charge in [0, 0.05) is 17.2 Å². The second kappa shape index (κ2) is 7.40. The largest absolute Gasteiger partial charge is 0.508 e. The molecule has 3 rings (SSSR count). The second-order valence-electron chi connectivity index (χ2n) is 5.44. The smallest absolute Gasteiger partial charge is 0.352 e. The summed E-state index contributed by atoms with van der Waals surface area (Å²) in [5, 5.41) is 21.1. The van der Waals surface area contributed by atoms with Gasteiger partial charge in [-0.1, -0.05) is 36.4 Å². The molecule has 6 heteroatoms. The number of aromatic hydroxyl groups is 1. The number of carboxylic acids is 1. The Kier molecular flexibility index (Phi) is 4.85. The molecule has 1 aromatic heterocycles. The van der Waals surface area contributed by atoms with Crippen LogP contribution in [0.2, 0.25) is 0 Å². The third-order valence-corrected chi connectivity index (χ3v) is 3.56. The Balaban J connectivity index is 1.83. The van der Waals surface area contributed by atoms with Crippen LogP contribution in [0.25, 0.3) is 17.4 Å². The lowest BCUT2D eigenvalue weighted by Gasteiger charge is -2.06. The first-order valence-electron chi connectivity index (χ1n) is 7.73. The standard InChI is InChI=1S/C20H15NO5/c22-15-8-4-7-14(11-15)19(23)21-17(20(24)25)12-16-9-10-18(26-16)13-5-2-1-3-6-13/h1-12,22H,(H,21,23)(H,24,25)/b17-12-. The molecule has 0 aliphatic carbocycles. The predicted molar refractivity (Wildman–Crippen MR) is 95.3 cm³/mol. The summed E-state index contributed by atoms with van der Waals surface area (Å²) < 4.78 is 5.63. The van der Waals surface area contributed by atoms with Gasteiger partial charge in [0.25, 0.3) is 5.91 Å². The maximum Gasteiger partial charge on any atom is 0.352 e. The molecule has 0 fully saturated rings. The second-order valence-corrected chi connectivity index (χ2v) is 5.44. The van der Waals surface area contributed by atoms with E-state index >= 15 is 0 Å². The summed E-state index contributed by atoms with van der Waals surface area (Å²) in [6.45, 7) is 0. The number of benzene rings is 2. The monoisotopic (exact) mass is 349 g/mol. The summed E-state index contributed by atoms with van der Waals surface area (Å²) in [7, 11) is 0. The summed E-state index contributed by atoms with van der Waals surface area (Å²) >= 11 is 0. The Bertz CT molecular complexity index is 973. The van der Waals surface area contributed by atoms with Crippen molar-refractivity contribution in [3.63, 3.8) is 0 Å². The summed E-state index contributed by atoms with van der Waals surface area (Å²) in [6.07, 6.45) is 1.23. The minimum Gasteiger partial charge on any atom is -0.508 e. The molecule has 3 aromatic rings. The molecule has 130 valence electrons. The third-order valence-electron chi connectivity index (χ3n) is 3.56. The molecule has 0 atom stereocenters. The van der Waals surface area contributed by atoms with Gasteiger partial charge < -0.3 is 19.9 Å². The van der Waals surface area contributed by atoms with Crippen LogP contribution in [-0.4, -0.2) is 22.1 Å². The lowest BCUT2D eigenvalue weighted by atomic mass is 10.2. The quantitative estimate of drug-likeness (QED) is 0.612. The third kappa shape index (κ3) is 3.99. The SMILES string of the molecule is O=C(O)/C(=C/c1ccc(-c2ccccc2)o1)NC(=O)c1cccc(O)c1. The fourth-order valence-corrected chi connectivity index (χ4v) is 2.32. The van der Waals surface area contributed by atoms with E-state index in [1.807, 2.05) is 30.3 Å². The van der Waals surface area contributed by atoms with E-state index in [0.29, 0.717) is 5.76 Å². The highest BCUT2D eigenvalue weighted by molar-refractivity contribution is 6.02. The van der Waals surface area contributed by atoms with Crippen LogP contribution in [-0.2, 0) is 4.79 Å². The van der Waals surface area contributed by atoms with Crippen molar-refractivity contribution >= 4 is 18.0 Å². The van der Waals surface area contributed by atoms with E-state index in [4.69, 9.17) is 4.42 Å². The van der Waals surface area contributed by atoms with Crippen molar-refractivity contribution in [2.75, 3.05) is 0 Å². The Labute approximate surface area is 149 Å². The van der Waals surface area contributed by atoms with E-state index in [2.05, 4.69) is 5.32 Å². The lowest BCUT2D eigenvalue weighted by molar-refractivity contribution is -0.132. The zero-order valence-electron chi connectivity index (χ0n) is 13.5. The number of nitrogens with one attached hydrogen (secondary N) is 1. The average Bonchev–Trinajstić information content (AvgIpc) is 3.10. The average molecular weight is 349 g/mol. The zero-order valence-corrected chi connectivity index (χ0v) is 13.5. The maximum atomic E-state index is 12.2. The Morgan fingerprint density at radius 3 is 2.42 bits per heavy atom. The number of rotatable bonds is 5. The number of furan rings is 1. The van der Waals surface area contributed by atoms with Crippen molar-refractivity contribution in [3.05, 3.63) is 83.8 Å². The molecule has 1 amide bonds. The fourth-order valence-electron chi connectivity index (χ4n) is 2.32. The van der Waals surface area contributed by atoms with Crippen LogP contribution >= 0.6 is 0 Å². The molecule has 0 saturated carbocycles. The Morgan fingerprint density at radius 2 is 1.73 bits per heavy atom. The zero-order chi connectivity index (χ0) is 18.5. The summed E-state index contributed by atoms with van der Waals surface area (Å²) in [5.74, 6) is -1.17. The Morgan fingerprint density at radius 1 is 0.962 bits per heavy atom. The molecule has 6 nitrogen and oxygen atoms in total. The lowest BCUT2D eigenvalue weighted by Crippen LogP contribution is -2.27. The van der Waals surface area contributed by atoms with Gasteiger partial charge in [0.15, 0.2) is 0 Å². The van der Waals surface area contributed by atoms with Crippen LogP contribution in [0.5, 0.6) is 5.75 Å². The summed E-state index contributed by atoms with van der Waals surface area (Å²) in [5.41, 5.74) is 0.654. The van der Waals surface area contributed by atoms with Crippen LogP contribution in [0, 0.1) is 0 Å². The van der Waals surface area contributed by atoms with Gasteiger partial charge in [-0.3, -0.25) is 4.79 Å². The minimum atomic E-state index is -1.31. The van der Waals surface area contributed by atoms with Crippen LogP contribution < -0.4 is 5.32 Å². The number of amides is 1. The van der Waals surface area contributed by atoms with Crippen molar-refractivity contribution in [1.29, 1.82) is 0 Å². The molecule has 0 unspecified atom stereocenters. The minimum absolute atomic E-state index is 0.0861. The molecule has 0 aliphatic rings. The van der Waals surface area contributed by atoms with Crippen LogP contribution in [0.3, 0.4) is 0 Å². The topological polar surface area (TPSA) is 99.8 Å². The first-order valence-corrected chi connectivity index (χ1v) is 7.73. The van der Waals surface area contributed by atoms with Gasteiger partial charge in [0.2, 0.25) is 0 Å². The van der Waals surface area contributed by atoms with E-state index in [9.17, 15) is 19.8 Å². The number of carbonyl (C=O) groups excluding carboxylic acids is 1. The Hall–Kier alpha value is -3.80. The predicted octanol–water partition coefficient (Wildman–Crippen LogP) is 3.51. The maximum absolute atomic E-state index is 12.2. The van der Waals surface area contributed by atoms with Gasteiger partial charge in [0.05, 0.1) is 0 Å². The number of phenols is 1. The van der Waals surface area contributed by atoms with E-state index in [0.717, 1.165) is 5.56 Å². The normalized spacial score (nSPS) is 11.2. The molecule has 2 aromatic carbocycles. The first kappa shape index (κ1) is 17.0. The molecule has 0 saturated heterocycles. The number of carbonyl (C=O) groups is 2. The number of hydrogen-bond donors (Lipinski definition) is 3. The van der Waals surface area contributed by atoms with E-state index < -0.39 is 11.9 Å².